The summed E-state index contributed by atoms with van der Waals surface area (Å²) in [6, 6.07) is 21.4. The Morgan fingerprint density at radius 1 is 1.14 bits per heavy atom. The van der Waals surface area contributed by atoms with Gasteiger partial charge in [-0.2, -0.15) is 10.1 Å². The van der Waals surface area contributed by atoms with Gasteiger partial charge in [-0.1, -0.05) is 77.5 Å². The van der Waals surface area contributed by atoms with Crippen LogP contribution in [0.2, 0.25) is 5.02 Å². The Kier molecular flexibility index (Phi) is 6.89. The number of nitrogens with one attached hydrogen (secondary N) is 1. The number of aryl methyl sites for hydroxylation is 1. The second kappa shape index (κ2) is 10.2. The molecule has 0 radical (unpaired) electrons. The minimum atomic E-state index is -0.717. The van der Waals surface area contributed by atoms with Gasteiger partial charge in [0.2, 0.25) is 5.91 Å². The average molecular weight is 521 g/mol. The summed E-state index contributed by atoms with van der Waals surface area (Å²) in [4.78, 5) is 29.5. The van der Waals surface area contributed by atoms with Gasteiger partial charge in [-0.15, -0.1) is 0 Å². The Balaban J connectivity index is 1.36. The van der Waals surface area contributed by atoms with Crippen LogP contribution in [0.1, 0.15) is 35.6 Å². The first-order valence-corrected chi connectivity index (χ1v) is 12.7. The van der Waals surface area contributed by atoms with Crippen LogP contribution < -0.4 is 5.32 Å². The number of hydrogen-bond acceptors (Lipinski definition) is 5. The van der Waals surface area contributed by atoms with Crippen molar-refractivity contribution >= 4 is 51.7 Å². The third-order valence-electron chi connectivity index (χ3n) is 5.97. The van der Waals surface area contributed by atoms with Gasteiger partial charge in [-0.25, -0.2) is 9.40 Å². The summed E-state index contributed by atoms with van der Waals surface area (Å²) in [5.74, 6) is -1.41. The molecule has 3 aromatic rings. The largest absolute Gasteiger partial charge is 0.324 e. The van der Waals surface area contributed by atoms with Crippen molar-refractivity contribution in [2.75, 3.05) is 5.32 Å². The zero-order valence-corrected chi connectivity index (χ0v) is 20.9. The maximum atomic E-state index is 13.9. The molecule has 0 fully saturated rings. The summed E-state index contributed by atoms with van der Waals surface area (Å²) in [7, 11) is 0. The van der Waals surface area contributed by atoms with E-state index in [0.29, 0.717) is 16.6 Å². The highest BCUT2D eigenvalue weighted by Gasteiger charge is 2.39. The van der Waals surface area contributed by atoms with Gasteiger partial charge < -0.3 is 5.32 Å². The minimum Gasteiger partial charge on any atom is -0.324 e. The molecule has 2 heterocycles. The Morgan fingerprint density at radius 3 is 2.67 bits per heavy atom. The minimum absolute atomic E-state index is 0.0759. The topological polar surface area (TPSA) is 74.1 Å². The quantitative estimate of drug-likeness (QED) is 0.450. The predicted octanol–water partition coefficient (Wildman–Crippen LogP) is 5.97. The molecule has 9 heteroatoms. The Morgan fingerprint density at radius 2 is 1.92 bits per heavy atom. The zero-order chi connectivity index (χ0) is 25.2. The first-order valence-electron chi connectivity index (χ1n) is 11.4. The van der Waals surface area contributed by atoms with Crippen molar-refractivity contribution in [1.29, 1.82) is 0 Å². The molecule has 0 aliphatic carbocycles. The van der Waals surface area contributed by atoms with Gasteiger partial charge in [0.1, 0.15) is 11.1 Å². The van der Waals surface area contributed by atoms with Gasteiger partial charge in [0.25, 0.3) is 5.91 Å². The predicted molar refractivity (Wildman–Crippen MR) is 142 cm³/mol. The SMILES string of the molecule is Cc1ccc(C2=NN(C3=NC(=O)[C@H](CC(=O)Nc4ccccc4F)S3)[C@@H](c3cccc(Cl)c3)C2)cc1. The fraction of sp³-hybridized carbons (Fsp3) is 0.185. The van der Waals surface area contributed by atoms with E-state index in [1.54, 1.807) is 17.1 Å². The van der Waals surface area contributed by atoms with E-state index in [1.807, 2.05) is 55.5 Å². The molecule has 182 valence electrons. The molecule has 2 aliphatic heterocycles. The molecule has 36 heavy (non-hydrogen) atoms. The lowest BCUT2D eigenvalue weighted by atomic mass is 9.98. The molecule has 6 nitrogen and oxygen atoms in total. The van der Waals surface area contributed by atoms with E-state index in [9.17, 15) is 14.0 Å². The summed E-state index contributed by atoms with van der Waals surface area (Å²) in [5, 5.41) is 9.43. The van der Waals surface area contributed by atoms with Crippen LogP contribution in [0.5, 0.6) is 0 Å². The van der Waals surface area contributed by atoms with Crippen LogP contribution in [-0.4, -0.2) is 33.0 Å². The van der Waals surface area contributed by atoms with Crippen molar-refractivity contribution in [2.45, 2.75) is 31.1 Å². The Labute approximate surface area is 217 Å². The third kappa shape index (κ3) is 5.20. The maximum Gasteiger partial charge on any atom is 0.262 e. The molecule has 0 unspecified atom stereocenters. The number of nitrogens with zero attached hydrogens (tertiary/aromatic N) is 3. The molecule has 1 N–H and O–H groups in total. The fourth-order valence-corrected chi connectivity index (χ4v) is 5.38. The van der Waals surface area contributed by atoms with Crippen molar-refractivity contribution < 1.29 is 14.0 Å². The zero-order valence-electron chi connectivity index (χ0n) is 19.3. The molecule has 3 aromatic carbocycles. The highest BCUT2D eigenvalue weighted by Crippen LogP contribution is 2.39. The summed E-state index contributed by atoms with van der Waals surface area (Å²) >= 11 is 7.46. The molecule has 0 saturated heterocycles. The number of benzene rings is 3. The standard InChI is InChI=1S/C27H22ClFN4O2S/c1-16-9-11-17(12-10-16)22-14-23(18-5-4-6-19(28)13-18)33(32-22)27-31-26(35)24(36-27)15-25(34)30-21-8-3-2-7-20(21)29/h2-13,23-24H,14-15H2,1H3,(H,30,34)/t23-,24+/m1/s1. The number of rotatable bonds is 5. The van der Waals surface area contributed by atoms with Crippen molar-refractivity contribution in [3.8, 4) is 0 Å². The first-order chi connectivity index (χ1) is 17.4. The number of hydrazone groups is 1. The van der Waals surface area contributed by atoms with E-state index in [4.69, 9.17) is 16.7 Å². The summed E-state index contributed by atoms with van der Waals surface area (Å²) in [6.07, 6.45) is 0.477. The van der Waals surface area contributed by atoms with Crippen molar-refractivity contribution in [2.24, 2.45) is 10.1 Å². The van der Waals surface area contributed by atoms with Crippen LogP contribution in [0.3, 0.4) is 0 Å². The van der Waals surface area contributed by atoms with Crippen LogP contribution >= 0.6 is 23.4 Å². The van der Waals surface area contributed by atoms with Gasteiger partial charge in [-0.05, 0) is 42.3 Å². The smallest absolute Gasteiger partial charge is 0.262 e. The average Bonchev–Trinajstić information content (AvgIpc) is 3.45. The van der Waals surface area contributed by atoms with Crippen LogP contribution in [0.4, 0.5) is 10.1 Å². The summed E-state index contributed by atoms with van der Waals surface area (Å²) < 4.78 is 13.9. The molecule has 0 aromatic heterocycles. The van der Waals surface area contributed by atoms with Crippen LogP contribution in [0.25, 0.3) is 0 Å². The molecule has 5 rings (SSSR count). The monoisotopic (exact) mass is 520 g/mol. The summed E-state index contributed by atoms with van der Waals surface area (Å²) in [6.45, 7) is 2.03. The van der Waals surface area contributed by atoms with E-state index in [0.717, 1.165) is 22.4 Å². The molecule has 0 spiro atoms. The lowest BCUT2D eigenvalue weighted by Gasteiger charge is -2.23. The first kappa shape index (κ1) is 24.2. The number of thioether (sulfide) groups is 1. The number of para-hydroxylation sites is 1. The fourth-order valence-electron chi connectivity index (χ4n) is 4.12. The molecular formula is C27H22ClFN4O2S. The van der Waals surface area contributed by atoms with Gasteiger partial charge in [0.05, 0.1) is 17.4 Å². The van der Waals surface area contributed by atoms with E-state index >= 15 is 0 Å². The molecule has 2 atom stereocenters. The van der Waals surface area contributed by atoms with E-state index in [1.165, 1.54) is 23.9 Å². The number of aliphatic imine (C=N–C) groups is 1. The van der Waals surface area contributed by atoms with E-state index in [-0.39, 0.29) is 18.2 Å². The molecule has 2 amide bonds. The highest BCUT2D eigenvalue weighted by molar-refractivity contribution is 8.15. The number of carbonyl (C=O) groups excluding carboxylic acids is 2. The Hall–Kier alpha value is -3.49. The van der Waals surface area contributed by atoms with Crippen LogP contribution in [-0.2, 0) is 9.59 Å². The third-order valence-corrected chi connectivity index (χ3v) is 7.35. The number of hydrogen-bond donors (Lipinski definition) is 1. The van der Waals surface area contributed by atoms with Gasteiger partial charge in [0.15, 0.2) is 5.17 Å². The molecule has 2 aliphatic rings. The highest BCUT2D eigenvalue weighted by atomic mass is 35.5. The van der Waals surface area contributed by atoms with Crippen LogP contribution in [0, 0.1) is 12.7 Å². The van der Waals surface area contributed by atoms with Gasteiger partial charge in [-0.3, -0.25) is 9.59 Å². The normalized spacial score (nSPS) is 19.3. The Bertz CT molecular complexity index is 1390. The van der Waals surface area contributed by atoms with Gasteiger partial charge in [0, 0.05) is 17.9 Å². The number of anilines is 1. The van der Waals surface area contributed by atoms with Gasteiger partial charge >= 0.3 is 0 Å². The molecular weight excluding hydrogens is 499 g/mol. The van der Waals surface area contributed by atoms with Crippen molar-refractivity contribution in [3.63, 3.8) is 0 Å². The number of amidine groups is 1. The summed E-state index contributed by atoms with van der Waals surface area (Å²) in [5.41, 5.74) is 4.04. The number of halogens is 2. The number of carbonyl (C=O) groups is 2. The lowest BCUT2D eigenvalue weighted by Crippen LogP contribution is -2.25. The van der Waals surface area contributed by atoms with E-state index in [2.05, 4.69) is 10.3 Å². The van der Waals surface area contributed by atoms with Crippen molar-refractivity contribution in [3.05, 3.63) is 100 Å². The maximum absolute atomic E-state index is 13.9. The lowest BCUT2D eigenvalue weighted by molar-refractivity contribution is -0.121. The van der Waals surface area contributed by atoms with E-state index < -0.39 is 22.9 Å². The second-order valence-corrected chi connectivity index (χ2v) is 10.2. The van der Waals surface area contributed by atoms with Crippen molar-refractivity contribution in [1.82, 2.24) is 5.01 Å². The molecule has 0 saturated carbocycles. The molecule has 0 bridgehead atoms. The second-order valence-electron chi connectivity index (χ2n) is 8.60. The number of amides is 2. The van der Waals surface area contributed by atoms with Crippen LogP contribution in [0.15, 0.2) is 82.9 Å².